The molecule has 0 saturated heterocycles. The SMILES string of the molecule is CCNC(Cc1nccn1C)c1c(F)cc(F)cc1F. The van der Waals surface area contributed by atoms with Crippen LogP contribution in [0.25, 0.3) is 0 Å². The fourth-order valence-corrected chi connectivity index (χ4v) is 2.18. The van der Waals surface area contributed by atoms with Crippen molar-refractivity contribution in [1.82, 2.24) is 14.9 Å². The molecule has 0 aliphatic carbocycles. The van der Waals surface area contributed by atoms with E-state index in [0.29, 0.717) is 30.9 Å². The van der Waals surface area contributed by atoms with Crippen molar-refractivity contribution < 1.29 is 13.2 Å². The fraction of sp³-hybridized carbons (Fsp3) is 0.357. The zero-order valence-electron chi connectivity index (χ0n) is 11.3. The molecule has 20 heavy (non-hydrogen) atoms. The Labute approximate surface area is 115 Å². The van der Waals surface area contributed by atoms with E-state index < -0.39 is 23.5 Å². The minimum Gasteiger partial charge on any atom is -0.338 e. The van der Waals surface area contributed by atoms with Gasteiger partial charge in [0.25, 0.3) is 0 Å². The third-order valence-electron chi connectivity index (χ3n) is 3.15. The molecule has 3 nitrogen and oxygen atoms in total. The average Bonchev–Trinajstić information content (AvgIpc) is 2.74. The van der Waals surface area contributed by atoms with Crippen LogP contribution >= 0.6 is 0 Å². The first-order chi connectivity index (χ1) is 9.52. The first-order valence-electron chi connectivity index (χ1n) is 6.37. The number of imidazole rings is 1. The van der Waals surface area contributed by atoms with Crippen molar-refractivity contribution in [3.8, 4) is 0 Å². The van der Waals surface area contributed by atoms with Gasteiger partial charge in [-0.2, -0.15) is 0 Å². The Morgan fingerprint density at radius 3 is 2.40 bits per heavy atom. The molecule has 0 bridgehead atoms. The summed E-state index contributed by atoms with van der Waals surface area (Å²) in [7, 11) is 1.81. The summed E-state index contributed by atoms with van der Waals surface area (Å²) in [4.78, 5) is 4.14. The maximum absolute atomic E-state index is 13.9. The topological polar surface area (TPSA) is 29.9 Å². The van der Waals surface area contributed by atoms with Gasteiger partial charge in [-0.15, -0.1) is 0 Å². The first kappa shape index (κ1) is 14.6. The summed E-state index contributed by atoms with van der Waals surface area (Å²) in [5, 5.41) is 3.01. The number of aryl methyl sites for hydroxylation is 1. The molecule has 1 atom stereocenters. The zero-order valence-corrected chi connectivity index (χ0v) is 11.3. The van der Waals surface area contributed by atoms with Gasteiger partial charge in [0.2, 0.25) is 0 Å². The van der Waals surface area contributed by atoms with E-state index in [-0.39, 0.29) is 5.56 Å². The first-order valence-corrected chi connectivity index (χ1v) is 6.37. The van der Waals surface area contributed by atoms with E-state index in [4.69, 9.17) is 0 Å². The largest absolute Gasteiger partial charge is 0.338 e. The van der Waals surface area contributed by atoms with Gasteiger partial charge in [0.15, 0.2) is 0 Å². The van der Waals surface area contributed by atoms with Crippen molar-refractivity contribution in [2.75, 3.05) is 6.54 Å². The molecule has 0 spiro atoms. The van der Waals surface area contributed by atoms with Crippen molar-refractivity contribution in [2.45, 2.75) is 19.4 Å². The van der Waals surface area contributed by atoms with Crippen LogP contribution in [-0.4, -0.2) is 16.1 Å². The van der Waals surface area contributed by atoms with Gasteiger partial charge in [-0.1, -0.05) is 6.92 Å². The second kappa shape index (κ2) is 6.09. The molecule has 108 valence electrons. The van der Waals surface area contributed by atoms with Gasteiger partial charge < -0.3 is 9.88 Å². The molecule has 2 rings (SSSR count). The van der Waals surface area contributed by atoms with Crippen LogP contribution in [0.1, 0.15) is 24.4 Å². The number of nitrogens with zero attached hydrogens (tertiary/aromatic N) is 2. The summed E-state index contributed by atoms with van der Waals surface area (Å²) in [6, 6.07) is 0.796. The van der Waals surface area contributed by atoms with E-state index in [1.54, 1.807) is 17.0 Å². The highest BCUT2D eigenvalue weighted by Crippen LogP contribution is 2.24. The predicted octanol–water partition coefficient (Wildman–Crippen LogP) is 2.73. The highest BCUT2D eigenvalue weighted by molar-refractivity contribution is 5.25. The van der Waals surface area contributed by atoms with Gasteiger partial charge in [-0.05, 0) is 6.54 Å². The van der Waals surface area contributed by atoms with E-state index in [2.05, 4.69) is 10.3 Å². The maximum atomic E-state index is 13.9. The third kappa shape index (κ3) is 3.01. The highest BCUT2D eigenvalue weighted by Gasteiger charge is 2.22. The number of benzene rings is 1. The Bertz CT molecular complexity index is 572. The second-order valence-electron chi connectivity index (χ2n) is 4.55. The van der Waals surface area contributed by atoms with Crippen LogP contribution in [0.4, 0.5) is 13.2 Å². The van der Waals surface area contributed by atoms with Crippen molar-refractivity contribution in [3.63, 3.8) is 0 Å². The molecule has 6 heteroatoms. The number of hydrogen-bond donors (Lipinski definition) is 1. The molecule has 1 unspecified atom stereocenters. The Balaban J connectivity index is 2.36. The normalized spacial score (nSPS) is 12.7. The Morgan fingerprint density at radius 1 is 1.25 bits per heavy atom. The molecule has 0 radical (unpaired) electrons. The molecule has 1 aromatic heterocycles. The van der Waals surface area contributed by atoms with E-state index in [0.717, 1.165) is 0 Å². The molecule has 1 aromatic carbocycles. The lowest BCUT2D eigenvalue weighted by Gasteiger charge is -2.19. The average molecular weight is 283 g/mol. The summed E-state index contributed by atoms with van der Waals surface area (Å²) < 4.78 is 42.5. The Hall–Kier alpha value is -1.82. The van der Waals surface area contributed by atoms with Gasteiger partial charge in [-0.25, -0.2) is 18.2 Å². The minimum absolute atomic E-state index is 0.156. The van der Waals surface area contributed by atoms with Crippen LogP contribution in [0, 0.1) is 17.5 Å². The van der Waals surface area contributed by atoms with Crippen LogP contribution in [-0.2, 0) is 13.5 Å². The summed E-state index contributed by atoms with van der Waals surface area (Å²) >= 11 is 0. The van der Waals surface area contributed by atoms with Crippen LogP contribution in [0.2, 0.25) is 0 Å². The molecule has 0 aliphatic heterocycles. The number of likely N-dealkylation sites (N-methyl/N-ethyl adjacent to an activating group) is 1. The molecule has 0 aliphatic rings. The molecule has 0 saturated carbocycles. The number of hydrogen-bond acceptors (Lipinski definition) is 2. The lowest BCUT2D eigenvalue weighted by atomic mass is 10.0. The predicted molar refractivity (Wildman–Crippen MR) is 69.6 cm³/mol. The maximum Gasteiger partial charge on any atom is 0.133 e. The molecule has 1 N–H and O–H groups in total. The molecule has 0 amide bonds. The summed E-state index contributed by atoms with van der Waals surface area (Å²) in [5.74, 6) is -2.00. The number of nitrogens with one attached hydrogen (secondary N) is 1. The molecular weight excluding hydrogens is 267 g/mol. The Morgan fingerprint density at radius 2 is 1.90 bits per heavy atom. The smallest absolute Gasteiger partial charge is 0.133 e. The quantitative estimate of drug-likeness (QED) is 0.914. The van der Waals surface area contributed by atoms with Gasteiger partial charge in [0.1, 0.15) is 23.3 Å². The minimum atomic E-state index is -0.920. The Kier molecular flexibility index (Phi) is 4.44. The number of halogens is 3. The van der Waals surface area contributed by atoms with Crippen LogP contribution in [0.3, 0.4) is 0 Å². The zero-order chi connectivity index (χ0) is 14.7. The van der Waals surface area contributed by atoms with E-state index >= 15 is 0 Å². The molecule has 2 aromatic rings. The summed E-state index contributed by atoms with van der Waals surface area (Å²) in [5.41, 5.74) is -0.156. The van der Waals surface area contributed by atoms with Gasteiger partial charge in [0.05, 0.1) is 0 Å². The van der Waals surface area contributed by atoms with E-state index in [1.807, 2.05) is 14.0 Å². The summed E-state index contributed by atoms with van der Waals surface area (Å²) in [6.07, 6.45) is 3.70. The van der Waals surface area contributed by atoms with Crippen molar-refractivity contribution in [1.29, 1.82) is 0 Å². The van der Waals surface area contributed by atoms with Crippen LogP contribution in [0.5, 0.6) is 0 Å². The monoisotopic (exact) mass is 283 g/mol. The molecule has 1 heterocycles. The lowest BCUT2D eigenvalue weighted by molar-refractivity contribution is 0.454. The van der Waals surface area contributed by atoms with Gasteiger partial charge in [0, 0.05) is 49.6 Å². The van der Waals surface area contributed by atoms with Crippen LogP contribution in [0.15, 0.2) is 24.5 Å². The highest BCUT2D eigenvalue weighted by atomic mass is 19.1. The third-order valence-corrected chi connectivity index (χ3v) is 3.15. The lowest BCUT2D eigenvalue weighted by Crippen LogP contribution is -2.26. The standard InChI is InChI=1S/C14H16F3N3/c1-3-18-12(8-13-19-4-5-20(13)2)14-10(16)6-9(15)7-11(14)17/h4-7,12,18H,3,8H2,1-2H3. The van der Waals surface area contributed by atoms with Crippen molar-refractivity contribution >= 4 is 0 Å². The van der Waals surface area contributed by atoms with E-state index in [1.165, 1.54) is 0 Å². The molecular formula is C14H16F3N3. The van der Waals surface area contributed by atoms with E-state index in [9.17, 15) is 13.2 Å². The summed E-state index contributed by atoms with van der Waals surface area (Å²) in [6.45, 7) is 2.37. The second-order valence-corrected chi connectivity index (χ2v) is 4.55. The van der Waals surface area contributed by atoms with Crippen molar-refractivity contribution in [2.24, 2.45) is 7.05 Å². The number of aromatic nitrogens is 2. The fourth-order valence-electron chi connectivity index (χ4n) is 2.18. The molecule has 0 fully saturated rings. The van der Waals surface area contributed by atoms with Gasteiger partial charge in [-0.3, -0.25) is 0 Å². The van der Waals surface area contributed by atoms with Crippen molar-refractivity contribution in [3.05, 3.63) is 53.4 Å². The van der Waals surface area contributed by atoms with Gasteiger partial charge >= 0.3 is 0 Å². The number of rotatable bonds is 5. The van der Waals surface area contributed by atoms with Crippen LogP contribution < -0.4 is 5.32 Å².